The van der Waals surface area contributed by atoms with Crippen LogP contribution in [0.4, 0.5) is 0 Å². The van der Waals surface area contributed by atoms with Crippen molar-refractivity contribution in [1.29, 1.82) is 0 Å². The van der Waals surface area contributed by atoms with Crippen LogP contribution in [0.3, 0.4) is 0 Å². The Kier molecular flexibility index (Phi) is 18.9. The standard InChI is InChI=1S/C25H51N5/c1-3-5-7-9-11-13-14-16-18-20-22-25(23-27-30-28-24-26-29-30)21-19-17-15-12-10-8-6-4-2/h24-25,27H,3-23H2,1-2H3. The highest BCUT2D eigenvalue weighted by Gasteiger charge is 2.09. The van der Waals surface area contributed by atoms with Gasteiger partial charge in [-0.05, 0) is 24.0 Å². The third-order valence-electron chi connectivity index (χ3n) is 6.30. The van der Waals surface area contributed by atoms with Gasteiger partial charge in [-0.25, -0.2) is 0 Å². The Hall–Kier alpha value is -1.13. The van der Waals surface area contributed by atoms with E-state index >= 15 is 0 Å². The topological polar surface area (TPSA) is 55.6 Å². The van der Waals surface area contributed by atoms with Crippen LogP contribution in [0.2, 0.25) is 0 Å². The van der Waals surface area contributed by atoms with E-state index in [2.05, 4.69) is 34.7 Å². The van der Waals surface area contributed by atoms with Gasteiger partial charge < -0.3 is 0 Å². The summed E-state index contributed by atoms with van der Waals surface area (Å²) >= 11 is 0. The van der Waals surface area contributed by atoms with Gasteiger partial charge in [-0.15, -0.1) is 10.2 Å². The highest BCUT2D eigenvalue weighted by molar-refractivity contribution is 4.70. The van der Waals surface area contributed by atoms with Crippen LogP contribution < -0.4 is 5.43 Å². The molecular formula is C25H51N5. The Morgan fingerprint density at radius 3 is 1.47 bits per heavy atom. The third-order valence-corrected chi connectivity index (χ3v) is 6.30. The molecule has 1 unspecified atom stereocenters. The Balaban J connectivity index is 2.08. The number of nitrogens with zero attached hydrogens (tertiary/aromatic N) is 4. The number of tetrazole rings is 1. The molecule has 0 saturated carbocycles. The summed E-state index contributed by atoms with van der Waals surface area (Å²) < 4.78 is 0. The Labute approximate surface area is 187 Å². The maximum Gasteiger partial charge on any atom is 0.164 e. The monoisotopic (exact) mass is 421 g/mol. The molecule has 0 spiro atoms. The number of rotatable bonds is 23. The van der Waals surface area contributed by atoms with E-state index in [-0.39, 0.29) is 0 Å². The molecule has 0 bridgehead atoms. The maximum absolute atomic E-state index is 4.07. The van der Waals surface area contributed by atoms with Crippen molar-refractivity contribution in [3.8, 4) is 0 Å². The second-order valence-corrected chi connectivity index (χ2v) is 9.19. The zero-order valence-corrected chi connectivity index (χ0v) is 20.3. The minimum Gasteiger partial charge on any atom is -0.291 e. The molecular weight excluding hydrogens is 370 g/mol. The molecule has 176 valence electrons. The maximum atomic E-state index is 4.07. The lowest BCUT2D eigenvalue weighted by Crippen LogP contribution is -2.24. The second kappa shape index (κ2) is 21.1. The summed E-state index contributed by atoms with van der Waals surface area (Å²) in [5.74, 6) is 0.727. The van der Waals surface area contributed by atoms with E-state index in [9.17, 15) is 0 Å². The minimum atomic E-state index is 0.727. The molecule has 0 aliphatic rings. The van der Waals surface area contributed by atoms with Crippen LogP contribution in [0.1, 0.15) is 142 Å². The Morgan fingerprint density at radius 1 is 0.633 bits per heavy atom. The molecule has 1 rings (SSSR count). The van der Waals surface area contributed by atoms with Crippen LogP contribution >= 0.6 is 0 Å². The number of unbranched alkanes of at least 4 members (excludes halogenated alkanes) is 16. The van der Waals surface area contributed by atoms with Crippen molar-refractivity contribution in [3.63, 3.8) is 0 Å². The molecule has 1 heterocycles. The summed E-state index contributed by atoms with van der Waals surface area (Å²) in [6.07, 6.45) is 29.4. The quantitative estimate of drug-likeness (QED) is 0.184. The Morgan fingerprint density at radius 2 is 1.07 bits per heavy atom. The summed E-state index contributed by atoms with van der Waals surface area (Å²) in [4.78, 5) is 1.51. The van der Waals surface area contributed by atoms with Crippen LogP contribution in [0.15, 0.2) is 6.33 Å². The summed E-state index contributed by atoms with van der Waals surface area (Å²) in [6.45, 7) is 5.54. The van der Waals surface area contributed by atoms with Crippen molar-refractivity contribution in [2.45, 2.75) is 142 Å². The fraction of sp³-hybridized carbons (Fsp3) is 0.960. The van der Waals surface area contributed by atoms with E-state index in [1.54, 1.807) is 0 Å². The molecule has 0 amide bonds. The van der Waals surface area contributed by atoms with Crippen molar-refractivity contribution in [1.82, 2.24) is 20.3 Å². The predicted octanol–water partition coefficient (Wildman–Crippen LogP) is 7.67. The van der Waals surface area contributed by atoms with E-state index in [1.807, 2.05) is 0 Å². The summed E-state index contributed by atoms with van der Waals surface area (Å²) in [7, 11) is 0. The molecule has 0 aliphatic carbocycles. The van der Waals surface area contributed by atoms with Gasteiger partial charge in [0.25, 0.3) is 0 Å². The molecule has 1 aromatic rings. The molecule has 0 aliphatic heterocycles. The predicted molar refractivity (Wildman–Crippen MR) is 129 cm³/mol. The lowest BCUT2D eigenvalue weighted by atomic mass is 9.94. The van der Waals surface area contributed by atoms with Crippen LogP contribution in [0.25, 0.3) is 0 Å². The fourth-order valence-corrected chi connectivity index (χ4v) is 4.29. The highest BCUT2D eigenvalue weighted by atomic mass is 15.7. The van der Waals surface area contributed by atoms with Crippen molar-refractivity contribution < 1.29 is 0 Å². The highest BCUT2D eigenvalue weighted by Crippen LogP contribution is 2.19. The Bertz CT molecular complexity index is 435. The smallest absolute Gasteiger partial charge is 0.164 e. The largest absolute Gasteiger partial charge is 0.291 e. The van der Waals surface area contributed by atoms with Gasteiger partial charge in [0.15, 0.2) is 6.33 Å². The molecule has 0 aromatic carbocycles. The first kappa shape index (κ1) is 26.9. The number of hydrogen-bond acceptors (Lipinski definition) is 4. The SMILES string of the molecule is CCCCCCCCCCCCC(CCCCCCCCCC)CNn1ncnn1. The van der Waals surface area contributed by atoms with Gasteiger partial charge in [-0.1, -0.05) is 134 Å². The third kappa shape index (κ3) is 16.6. The molecule has 1 atom stereocenters. The molecule has 1 aromatic heterocycles. The molecule has 5 nitrogen and oxygen atoms in total. The van der Waals surface area contributed by atoms with Crippen LogP contribution in [0, 0.1) is 5.92 Å². The first-order chi connectivity index (χ1) is 14.9. The van der Waals surface area contributed by atoms with Crippen LogP contribution in [-0.4, -0.2) is 26.9 Å². The van der Waals surface area contributed by atoms with Gasteiger partial charge in [0.1, 0.15) is 0 Å². The van der Waals surface area contributed by atoms with Crippen molar-refractivity contribution >= 4 is 0 Å². The number of aromatic nitrogens is 4. The molecule has 0 saturated heterocycles. The lowest BCUT2D eigenvalue weighted by molar-refractivity contribution is 0.400. The zero-order chi connectivity index (χ0) is 21.5. The van der Waals surface area contributed by atoms with E-state index in [1.165, 1.54) is 140 Å². The van der Waals surface area contributed by atoms with Crippen LogP contribution in [-0.2, 0) is 0 Å². The van der Waals surface area contributed by atoms with E-state index in [0.717, 1.165) is 12.5 Å². The van der Waals surface area contributed by atoms with Gasteiger partial charge in [-0.3, -0.25) is 5.43 Å². The van der Waals surface area contributed by atoms with E-state index < -0.39 is 0 Å². The van der Waals surface area contributed by atoms with Crippen molar-refractivity contribution in [3.05, 3.63) is 6.33 Å². The van der Waals surface area contributed by atoms with Gasteiger partial charge in [-0.2, -0.15) is 0 Å². The molecule has 0 radical (unpaired) electrons. The fourth-order valence-electron chi connectivity index (χ4n) is 4.29. The first-order valence-corrected chi connectivity index (χ1v) is 13.3. The van der Waals surface area contributed by atoms with Gasteiger partial charge in [0.2, 0.25) is 0 Å². The van der Waals surface area contributed by atoms with E-state index in [0.29, 0.717) is 0 Å². The molecule has 30 heavy (non-hydrogen) atoms. The summed E-state index contributed by atoms with van der Waals surface area (Å²) in [5, 5.41) is 11.8. The first-order valence-electron chi connectivity index (χ1n) is 13.3. The molecule has 0 fully saturated rings. The van der Waals surface area contributed by atoms with Gasteiger partial charge >= 0.3 is 0 Å². The second-order valence-electron chi connectivity index (χ2n) is 9.19. The minimum absolute atomic E-state index is 0.727. The molecule has 5 heteroatoms. The zero-order valence-electron chi connectivity index (χ0n) is 20.3. The summed E-state index contributed by atoms with van der Waals surface area (Å²) in [6, 6.07) is 0. The number of hydrogen-bond donors (Lipinski definition) is 1. The molecule has 1 N–H and O–H groups in total. The van der Waals surface area contributed by atoms with Gasteiger partial charge in [0.05, 0.1) is 0 Å². The summed E-state index contributed by atoms with van der Waals surface area (Å²) in [5.41, 5.74) is 3.32. The van der Waals surface area contributed by atoms with Crippen molar-refractivity contribution in [2.24, 2.45) is 5.92 Å². The number of nitrogens with one attached hydrogen (secondary N) is 1. The average molecular weight is 422 g/mol. The lowest BCUT2D eigenvalue weighted by Gasteiger charge is -2.17. The normalized spacial score (nSPS) is 12.3. The van der Waals surface area contributed by atoms with E-state index in [4.69, 9.17) is 0 Å². The van der Waals surface area contributed by atoms with Crippen molar-refractivity contribution in [2.75, 3.05) is 12.0 Å². The van der Waals surface area contributed by atoms with Crippen LogP contribution in [0.5, 0.6) is 0 Å². The van der Waals surface area contributed by atoms with Gasteiger partial charge in [0, 0.05) is 6.54 Å². The average Bonchev–Trinajstić information content (AvgIpc) is 3.28.